The van der Waals surface area contributed by atoms with E-state index in [9.17, 15) is 9.59 Å². The molecule has 0 aromatic heterocycles. The van der Waals surface area contributed by atoms with Crippen LogP contribution < -0.4 is 0 Å². The van der Waals surface area contributed by atoms with Crippen LogP contribution in [0.4, 0.5) is 0 Å². The highest BCUT2D eigenvalue weighted by Crippen LogP contribution is 2.36. The van der Waals surface area contributed by atoms with Gasteiger partial charge in [-0.2, -0.15) is 0 Å². The van der Waals surface area contributed by atoms with E-state index in [1.165, 1.54) is 32.1 Å². The molecule has 25 heavy (non-hydrogen) atoms. The Hall–Kier alpha value is -1.84. The van der Waals surface area contributed by atoms with Crippen LogP contribution in [0, 0.1) is 11.8 Å². The standard InChI is InChI=1S/C21H28N2O2/c24-20-6-3-12-22(20)14-16-7-9-18(10-8-16)21(25)23-13-11-17-4-1-2-5-19(17)15-23/h7-10,17,19H,1-6,11-15H2/t17-,19-/m1/s1. The van der Waals surface area contributed by atoms with E-state index in [1.54, 1.807) is 0 Å². The van der Waals surface area contributed by atoms with Gasteiger partial charge < -0.3 is 9.80 Å². The Morgan fingerprint density at radius 1 is 0.960 bits per heavy atom. The molecule has 0 radical (unpaired) electrons. The number of fused-ring (bicyclic) bond motifs is 1. The molecule has 1 aromatic rings. The molecule has 4 rings (SSSR count). The number of nitrogens with zero attached hydrogens (tertiary/aromatic N) is 2. The molecule has 1 aliphatic carbocycles. The summed E-state index contributed by atoms with van der Waals surface area (Å²) >= 11 is 0. The van der Waals surface area contributed by atoms with Gasteiger partial charge in [-0.15, -0.1) is 0 Å². The predicted octanol–water partition coefficient (Wildman–Crippen LogP) is 3.46. The smallest absolute Gasteiger partial charge is 0.253 e. The number of amides is 2. The summed E-state index contributed by atoms with van der Waals surface area (Å²) < 4.78 is 0. The first-order valence-electron chi connectivity index (χ1n) is 9.87. The molecule has 2 heterocycles. The van der Waals surface area contributed by atoms with E-state index in [0.29, 0.717) is 18.9 Å². The third-order valence-corrected chi connectivity index (χ3v) is 6.32. The van der Waals surface area contributed by atoms with Gasteiger partial charge in [0.05, 0.1) is 0 Å². The van der Waals surface area contributed by atoms with Crippen molar-refractivity contribution in [2.45, 2.75) is 51.5 Å². The van der Waals surface area contributed by atoms with Crippen LogP contribution in [0.15, 0.2) is 24.3 Å². The molecule has 4 nitrogen and oxygen atoms in total. The lowest BCUT2D eigenvalue weighted by Crippen LogP contribution is -2.44. The fourth-order valence-corrected chi connectivity index (χ4v) is 4.81. The highest BCUT2D eigenvalue weighted by molar-refractivity contribution is 5.94. The van der Waals surface area contributed by atoms with Gasteiger partial charge in [0.1, 0.15) is 0 Å². The number of rotatable bonds is 3. The molecule has 2 saturated heterocycles. The average molecular weight is 340 g/mol. The van der Waals surface area contributed by atoms with Crippen LogP contribution >= 0.6 is 0 Å². The fraction of sp³-hybridized carbons (Fsp3) is 0.619. The summed E-state index contributed by atoms with van der Waals surface area (Å²) in [7, 11) is 0. The lowest BCUT2D eigenvalue weighted by molar-refractivity contribution is -0.128. The second-order valence-corrected chi connectivity index (χ2v) is 7.96. The number of carbonyl (C=O) groups is 2. The van der Waals surface area contributed by atoms with E-state index in [4.69, 9.17) is 0 Å². The van der Waals surface area contributed by atoms with Crippen molar-refractivity contribution in [1.29, 1.82) is 0 Å². The first kappa shape index (κ1) is 16.6. The Labute approximate surface area is 150 Å². The van der Waals surface area contributed by atoms with E-state index < -0.39 is 0 Å². The molecule has 3 aliphatic rings. The minimum atomic E-state index is 0.174. The Morgan fingerprint density at radius 2 is 1.72 bits per heavy atom. The number of carbonyl (C=O) groups excluding carboxylic acids is 2. The fourth-order valence-electron chi connectivity index (χ4n) is 4.81. The zero-order valence-electron chi connectivity index (χ0n) is 15.0. The molecule has 0 N–H and O–H groups in total. The first-order valence-corrected chi connectivity index (χ1v) is 9.87. The maximum absolute atomic E-state index is 12.8. The molecule has 134 valence electrons. The molecule has 1 aromatic carbocycles. The van der Waals surface area contributed by atoms with Gasteiger partial charge >= 0.3 is 0 Å². The zero-order chi connectivity index (χ0) is 17.2. The summed E-state index contributed by atoms with van der Waals surface area (Å²) in [6.45, 7) is 3.37. The maximum Gasteiger partial charge on any atom is 0.253 e. The van der Waals surface area contributed by atoms with Gasteiger partial charge in [0, 0.05) is 38.2 Å². The molecule has 2 atom stereocenters. The summed E-state index contributed by atoms with van der Waals surface area (Å²) in [6, 6.07) is 7.88. The normalized spacial score (nSPS) is 26.6. The quantitative estimate of drug-likeness (QED) is 0.845. The van der Waals surface area contributed by atoms with Crippen molar-refractivity contribution in [1.82, 2.24) is 9.80 Å². The molecular weight excluding hydrogens is 312 g/mol. The van der Waals surface area contributed by atoms with Gasteiger partial charge in [0.2, 0.25) is 5.91 Å². The van der Waals surface area contributed by atoms with Gasteiger partial charge in [-0.25, -0.2) is 0 Å². The van der Waals surface area contributed by atoms with Crippen LogP contribution in [-0.4, -0.2) is 41.2 Å². The summed E-state index contributed by atoms with van der Waals surface area (Å²) in [5.74, 6) is 1.98. The van der Waals surface area contributed by atoms with E-state index in [2.05, 4.69) is 4.90 Å². The maximum atomic E-state index is 12.8. The molecule has 2 aliphatic heterocycles. The average Bonchev–Trinajstić information content (AvgIpc) is 3.06. The third kappa shape index (κ3) is 3.58. The van der Waals surface area contributed by atoms with Crippen LogP contribution in [-0.2, 0) is 11.3 Å². The van der Waals surface area contributed by atoms with Crippen molar-refractivity contribution in [3.8, 4) is 0 Å². The molecule has 2 amide bonds. The summed E-state index contributed by atoms with van der Waals surface area (Å²) in [5.41, 5.74) is 1.89. The summed E-state index contributed by atoms with van der Waals surface area (Å²) in [4.78, 5) is 28.6. The van der Waals surface area contributed by atoms with Crippen molar-refractivity contribution in [2.75, 3.05) is 19.6 Å². The minimum absolute atomic E-state index is 0.174. The lowest BCUT2D eigenvalue weighted by Gasteiger charge is -2.41. The van der Waals surface area contributed by atoms with E-state index >= 15 is 0 Å². The van der Waals surface area contributed by atoms with Gasteiger partial charge in [-0.3, -0.25) is 9.59 Å². The monoisotopic (exact) mass is 340 g/mol. The summed E-state index contributed by atoms with van der Waals surface area (Å²) in [6.07, 6.45) is 8.16. The Morgan fingerprint density at radius 3 is 2.44 bits per heavy atom. The topological polar surface area (TPSA) is 40.6 Å². The number of benzene rings is 1. The largest absolute Gasteiger partial charge is 0.338 e. The van der Waals surface area contributed by atoms with Crippen molar-refractivity contribution in [2.24, 2.45) is 11.8 Å². The Balaban J connectivity index is 1.38. The molecule has 0 spiro atoms. The van der Waals surface area contributed by atoms with Crippen molar-refractivity contribution >= 4 is 11.8 Å². The van der Waals surface area contributed by atoms with Crippen molar-refractivity contribution in [3.63, 3.8) is 0 Å². The predicted molar refractivity (Wildman–Crippen MR) is 97.1 cm³/mol. The number of hydrogen-bond donors (Lipinski definition) is 0. The van der Waals surface area contributed by atoms with Crippen LogP contribution in [0.1, 0.15) is 60.9 Å². The van der Waals surface area contributed by atoms with Crippen molar-refractivity contribution < 1.29 is 9.59 Å². The van der Waals surface area contributed by atoms with Crippen molar-refractivity contribution in [3.05, 3.63) is 35.4 Å². The SMILES string of the molecule is O=C1CCCN1Cc1ccc(C(=O)N2CC[C@H]3CCCC[C@@H]3C2)cc1. The molecule has 4 heteroatoms. The second-order valence-electron chi connectivity index (χ2n) is 7.96. The van der Waals surface area contributed by atoms with Gasteiger partial charge in [0.25, 0.3) is 5.91 Å². The first-order chi connectivity index (χ1) is 12.2. The summed E-state index contributed by atoms with van der Waals surface area (Å²) in [5, 5.41) is 0. The second kappa shape index (κ2) is 7.19. The van der Waals surface area contributed by atoms with E-state index in [1.807, 2.05) is 29.2 Å². The molecule has 0 unspecified atom stereocenters. The molecular formula is C21H28N2O2. The van der Waals surface area contributed by atoms with Crippen LogP contribution in [0.25, 0.3) is 0 Å². The number of piperidine rings is 1. The highest BCUT2D eigenvalue weighted by Gasteiger charge is 2.33. The minimum Gasteiger partial charge on any atom is -0.338 e. The van der Waals surface area contributed by atoms with Crippen LogP contribution in [0.2, 0.25) is 0 Å². The lowest BCUT2D eigenvalue weighted by atomic mass is 9.75. The molecule has 3 fully saturated rings. The molecule has 1 saturated carbocycles. The molecule has 0 bridgehead atoms. The highest BCUT2D eigenvalue weighted by atomic mass is 16.2. The number of likely N-dealkylation sites (tertiary alicyclic amines) is 2. The van der Waals surface area contributed by atoms with Gasteiger partial charge in [-0.05, 0) is 48.8 Å². The Kier molecular flexibility index (Phi) is 4.78. The van der Waals surface area contributed by atoms with E-state index in [-0.39, 0.29) is 11.8 Å². The number of hydrogen-bond acceptors (Lipinski definition) is 2. The Bertz CT molecular complexity index is 640. The zero-order valence-corrected chi connectivity index (χ0v) is 15.0. The van der Waals surface area contributed by atoms with Crippen LogP contribution in [0.5, 0.6) is 0 Å². The van der Waals surface area contributed by atoms with Gasteiger partial charge in [-0.1, -0.05) is 31.4 Å². The third-order valence-electron chi connectivity index (χ3n) is 6.32. The van der Waals surface area contributed by atoms with E-state index in [0.717, 1.165) is 43.1 Å². The van der Waals surface area contributed by atoms with Gasteiger partial charge in [0.15, 0.2) is 0 Å². The van der Waals surface area contributed by atoms with Crippen LogP contribution in [0.3, 0.4) is 0 Å².